The summed E-state index contributed by atoms with van der Waals surface area (Å²) in [5, 5.41) is 10.5. The summed E-state index contributed by atoms with van der Waals surface area (Å²) < 4.78 is 0. The van der Waals surface area contributed by atoms with E-state index < -0.39 is 0 Å². The summed E-state index contributed by atoms with van der Waals surface area (Å²) in [5.41, 5.74) is 0. The third kappa shape index (κ3) is 3.69. The normalized spacial score (nSPS) is 13.3. The van der Waals surface area contributed by atoms with Crippen molar-refractivity contribution in [2.45, 2.75) is 52.5 Å². The molecule has 0 rings (SSSR count). The second-order valence-electron chi connectivity index (χ2n) is 3.36. The van der Waals surface area contributed by atoms with Crippen molar-refractivity contribution in [1.29, 1.82) is 0 Å². The van der Waals surface area contributed by atoms with Crippen LogP contribution in [0.3, 0.4) is 0 Å². The zero-order valence-electron chi connectivity index (χ0n) is 8.25. The van der Waals surface area contributed by atoms with Crippen molar-refractivity contribution in [3.05, 3.63) is 10.1 Å². The molecule has 0 heterocycles. The molecule has 0 N–H and O–H groups in total. The van der Waals surface area contributed by atoms with E-state index in [2.05, 4.69) is 13.8 Å². The molecular formula is C9H19NO2. The van der Waals surface area contributed by atoms with Crippen molar-refractivity contribution in [2.24, 2.45) is 5.92 Å². The molecule has 12 heavy (non-hydrogen) atoms. The highest BCUT2D eigenvalue weighted by atomic mass is 16.6. The highest BCUT2D eigenvalue weighted by Gasteiger charge is 2.24. The van der Waals surface area contributed by atoms with Crippen LogP contribution in [-0.4, -0.2) is 11.0 Å². The second kappa shape index (κ2) is 5.98. The Kier molecular flexibility index (Phi) is 5.68. The maximum Gasteiger partial charge on any atom is 0.213 e. The minimum Gasteiger partial charge on any atom is -0.264 e. The van der Waals surface area contributed by atoms with Gasteiger partial charge in [0.05, 0.1) is 0 Å². The first-order valence-corrected chi connectivity index (χ1v) is 4.76. The van der Waals surface area contributed by atoms with E-state index in [1.807, 2.05) is 0 Å². The van der Waals surface area contributed by atoms with Gasteiger partial charge in [0.25, 0.3) is 0 Å². The van der Waals surface area contributed by atoms with E-state index in [1.54, 1.807) is 6.92 Å². The Morgan fingerprint density at radius 3 is 1.92 bits per heavy atom. The Bertz CT molecular complexity index is 130. The molecule has 0 aromatic rings. The van der Waals surface area contributed by atoms with Gasteiger partial charge in [-0.15, -0.1) is 0 Å². The van der Waals surface area contributed by atoms with E-state index >= 15 is 0 Å². The molecule has 0 radical (unpaired) electrons. The van der Waals surface area contributed by atoms with Crippen LogP contribution in [0.4, 0.5) is 0 Å². The van der Waals surface area contributed by atoms with Crippen LogP contribution in [0, 0.1) is 16.0 Å². The largest absolute Gasteiger partial charge is 0.264 e. The molecule has 3 heteroatoms. The minimum atomic E-state index is -0.370. The highest BCUT2D eigenvalue weighted by Crippen LogP contribution is 2.19. The van der Waals surface area contributed by atoms with Crippen LogP contribution in [0.2, 0.25) is 0 Å². The van der Waals surface area contributed by atoms with Crippen LogP contribution in [0.1, 0.15) is 46.5 Å². The Hall–Kier alpha value is -0.600. The second-order valence-corrected chi connectivity index (χ2v) is 3.36. The van der Waals surface area contributed by atoms with Crippen molar-refractivity contribution < 1.29 is 4.92 Å². The average Bonchev–Trinajstić information content (AvgIpc) is 2.03. The van der Waals surface area contributed by atoms with Gasteiger partial charge < -0.3 is 0 Å². The summed E-state index contributed by atoms with van der Waals surface area (Å²) in [6, 6.07) is -0.370. The minimum absolute atomic E-state index is 0.157. The van der Waals surface area contributed by atoms with Gasteiger partial charge in [0.15, 0.2) is 0 Å². The van der Waals surface area contributed by atoms with Crippen LogP contribution in [-0.2, 0) is 0 Å². The molecule has 0 aliphatic rings. The molecule has 72 valence electrons. The molecule has 0 fully saturated rings. The van der Waals surface area contributed by atoms with Gasteiger partial charge in [0, 0.05) is 17.8 Å². The predicted octanol–water partition coefficient (Wildman–Crippen LogP) is 2.87. The standard InChI is InChI=1S/C9H19NO2/c1-4-6-9(7-5-2)8(3)10(11)12/h8-9H,4-7H2,1-3H3. The van der Waals surface area contributed by atoms with E-state index in [9.17, 15) is 10.1 Å². The Labute approximate surface area is 74.3 Å². The molecule has 0 saturated carbocycles. The lowest BCUT2D eigenvalue weighted by Gasteiger charge is -2.15. The van der Waals surface area contributed by atoms with Crippen molar-refractivity contribution >= 4 is 0 Å². The summed E-state index contributed by atoms with van der Waals surface area (Å²) in [6.45, 7) is 5.88. The fourth-order valence-corrected chi connectivity index (χ4v) is 1.54. The maximum absolute atomic E-state index is 10.5. The van der Waals surface area contributed by atoms with Crippen LogP contribution in [0.25, 0.3) is 0 Å². The van der Waals surface area contributed by atoms with Gasteiger partial charge in [0.2, 0.25) is 6.04 Å². The average molecular weight is 173 g/mol. The molecule has 3 nitrogen and oxygen atoms in total. The third-order valence-electron chi connectivity index (χ3n) is 2.33. The first-order chi connectivity index (χ1) is 5.63. The molecule has 0 aliphatic carbocycles. The number of hydrogen-bond donors (Lipinski definition) is 0. The number of nitro groups is 1. The highest BCUT2D eigenvalue weighted by molar-refractivity contribution is 4.64. The van der Waals surface area contributed by atoms with Crippen LogP contribution >= 0.6 is 0 Å². The lowest BCUT2D eigenvalue weighted by Crippen LogP contribution is -2.25. The van der Waals surface area contributed by atoms with E-state index in [1.165, 1.54) is 0 Å². The summed E-state index contributed by atoms with van der Waals surface area (Å²) in [7, 11) is 0. The summed E-state index contributed by atoms with van der Waals surface area (Å²) in [5.74, 6) is 0.273. The van der Waals surface area contributed by atoms with Gasteiger partial charge in [0.1, 0.15) is 0 Å². The maximum atomic E-state index is 10.5. The van der Waals surface area contributed by atoms with Gasteiger partial charge in [-0.3, -0.25) is 10.1 Å². The van der Waals surface area contributed by atoms with Gasteiger partial charge in [-0.1, -0.05) is 26.7 Å². The zero-order chi connectivity index (χ0) is 9.56. The number of rotatable bonds is 6. The third-order valence-corrected chi connectivity index (χ3v) is 2.33. The van der Waals surface area contributed by atoms with Crippen molar-refractivity contribution in [3.8, 4) is 0 Å². The monoisotopic (exact) mass is 173 g/mol. The van der Waals surface area contributed by atoms with Crippen molar-refractivity contribution in [1.82, 2.24) is 0 Å². The zero-order valence-corrected chi connectivity index (χ0v) is 8.25. The van der Waals surface area contributed by atoms with Crippen molar-refractivity contribution in [2.75, 3.05) is 0 Å². The van der Waals surface area contributed by atoms with Crippen molar-refractivity contribution in [3.63, 3.8) is 0 Å². The molecule has 1 atom stereocenters. The predicted molar refractivity (Wildman–Crippen MR) is 49.8 cm³/mol. The fourth-order valence-electron chi connectivity index (χ4n) is 1.54. The lowest BCUT2D eigenvalue weighted by atomic mass is 9.92. The molecule has 0 aromatic carbocycles. The summed E-state index contributed by atoms with van der Waals surface area (Å²) in [6.07, 6.45) is 4.05. The smallest absolute Gasteiger partial charge is 0.213 e. The van der Waals surface area contributed by atoms with Gasteiger partial charge in [-0.05, 0) is 12.8 Å². The summed E-state index contributed by atoms with van der Waals surface area (Å²) in [4.78, 5) is 10.3. The van der Waals surface area contributed by atoms with E-state index in [0.717, 1.165) is 25.7 Å². The molecule has 0 aromatic heterocycles. The van der Waals surface area contributed by atoms with Crippen LogP contribution < -0.4 is 0 Å². The fraction of sp³-hybridized carbons (Fsp3) is 1.00. The lowest BCUT2D eigenvalue weighted by molar-refractivity contribution is -0.528. The first kappa shape index (κ1) is 11.4. The molecule has 0 saturated heterocycles. The van der Waals surface area contributed by atoms with E-state index in [0.29, 0.717) is 0 Å². The molecule has 0 spiro atoms. The number of hydrogen-bond acceptors (Lipinski definition) is 2. The van der Waals surface area contributed by atoms with E-state index in [-0.39, 0.29) is 16.9 Å². The molecule has 0 amide bonds. The summed E-state index contributed by atoms with van der Waals surface area (Å²) >= 11 is 0. The van der Waals surface area contributed by atoms with E-state index in [4.69, 9.17) is 0 Å². The molecular weight excluding hydrogens is 154 g/mol. The van der Waals surface area contributed by atoms with Crippen LogP contribution in [0.5, 0.6) is 0 Å². The molecule has 1 unspecified atom stereocenters. The quantitative estimate of drug-likeness (QED) is 0.458. The van der Waals surface area contributed by atoms with Gasteiger partial charge in [-0.25, -0.2) is 0 Å². The van der Waals surface area contributed by atoms with Gasteiger partial charge in [-0.2, -0.15) is 0 Å². The Morgan fingerprint density at radius 2 is 1.67 bits per heavy atom. The molecule has 0 aliphatic heterocycles. The SMILES string of the molecule is CCCC(CCC)C(C)[N+](=O)[O-]. The number of nitrogens with zero attached hydrogens (tertiary/aromatic N) is 1. The van der Waals surface area contributed by atoms with Gasteiger partial charge >= 0.3 is 0 Å². The van der Waals surface area contributed by atoms with Crippen LogP contribution in [0.15, 0.2) is 0 Å². The topological polar surface area (TPSA) is 43.1 Å². The Morgan fingerprint density at radius 1 is 1.25 bits per heavy atom. The Balaban J connectivity index is 3.98. The first-order valence-electron chi connectivity index (χ1n) is 4.76. The molecule has 0 bridgehead atoms.